The van der Waals surface area contributed by atoms with Gasteiger partial charge < -0.3 is 19.9 Å². The third-order valence-corrected chi connectivity index (χ3v) is 6.95. The predicted molar refractivity (Wildman–Crippen MR) is 141 cm³/mol. The summed E-state index contributed by atoms with van der Waals surface area (Å²) >= 11 is 5.88. The van der Waals surface area contributed by atoms with Crippen molar-refractivity contribution in [3.05, 3.63) is 107 Å². The third kappa shape index (κ3) is 3.74. The highest BCUT2D eigenvalue weighted by molar-refractivity contribution is 7.80. The van der Waals surface area contributed by atoms with Gasteiger partial charge in [-0.05, 0) is 86.1 Å². The fourth-order valence-electron chi connectivity index (χ4n) is 4.95. The Bertz CT molecular complexity index is 1330. The van der Waals surface area contributed by atoms with Crippen molar-refractivity contribution in [2.45, 2.75) is 39.3 Å². The number of rotatable bonds is 5. The van der Waals surface area contributed by atoms with Crippen LogP contribution in [-0.2, 0) is 6.42 Å². The molecule has 2 aromatic heterocycles. The highest BCUT2D eigenvalue weighted by atomic mass is 32.1. The van der Waals surface area contributed by atoms with Crippen molar-refractivity contribution in [2.75, 3.05) is 4.90 Å². The minimum absolute atomic E-state index is 0.0966. The second-order valence-electron chi connectivity index (χ2n) is 8.67. The number of nitrogens with one attached hydrogen (secondary N) is 1. The molecule has 1 fully saturated rings. The first-order chi connectivity index (χ1) is 16.5. The maximum absolute atomic E-state index is 10.6. The van der Waals surface area contributed by atoms with E-state index in [1.54, 1.807) is 6.07 Å². The van der Waals surface area contributed by atoms with Gasteiger partial charge in [-0.1, -0.05) is 37.3 Å². The molecule has 0 radical (unpaired) electrons. The molecule has 0 unspecified atom stereocenters. The number of nitrogens with zero attached hydrogens (tertiary/aromatic N) is 3. The average molecular weight is 469 g/mol. The second-order valence-corrected chi connectivity index (χ2v) is 9.05. The van der Waals surface area contributed by atoms with Crippen LogP contribution in [0.25, 0.3) is 5.69 Å². The summed E-state index contributed by atoms with van der Waals surface area (Å²) in [6, 6.07) is 24.0. The number of hydrogen-bond donors (Lipinski definition) is 2. The van der Waals surface area contributed by atoms with Crippen LogP contribution in [-0.4, -0.2) is 19.8 Å². The maximum Gasteiger partial charge on any atom is 0.174 e. The summed E-state index contributed by atoms with van der Waals surface area (Å²) in [6.45, 7) is 6.33. The molecule has 0 bridgehead atoms. The van der Waals surface area contributed by atoms with Gasteiger partial charge >= 0.3 is 0 Å². The van der Waals surface area contributed by atoms with Gasteiger partial charge in [-0.25, -0.2) is 0 Å². The Labute approximate surface area is 205 Å². The summed E-state index contributed by atoms with van der Waals surface area (Å²) in [5.41, 5.74) is 7.30. The fraction of sp³-hybridized carbons (Fsp3) is 0.214. The molecule has 3 heterocycles. The van der Waals surface area contributed by atoms with Gasteiger partial charge in [-0.2, -0.15) is 0 Å². The lowest BCUT2D eigenvalue weighted by molar-refractivity contribution is 0.471. The Hall–Kier alpha value is -3.64. The number of benzene rings is 2. The van der Waals surface area contributed by atoms with Gasteiger partial charge in [0.2, 0.25) is 0 Å². The zero-order valence-electron chi connectivity index (χ0n) is 19.6. The highest BCUT2D eigenvalue weighted by Crippen LogP contribution is 2.44. The summed E-state index contributed by atoms with van der Waals surface area (Å²) in [4.78, 5) is 6.86. The first-order valence-corrected chi connectivity index (χ1v) is 12.0. The number of para-hydroxylation sites is 2. The van der Waals surface area contributed by atoms with Gasteiger partial charge in [0.25, 0.3) is 0 Å². The van der Waals surface area contributed by atoms with Crippen molar-refractivity contribution in [3.63, 3.8) is 0 Å². The molecule has 0 saturated carbocycles. The van der Waals surface area contributed by atoms with Crippen LogP contribution < -0.4 is 10.2 Å². The van der Waals surface area contributed by atoms with E-state index in [0.29, 0.717) is 5.11 Å². The first-order valence-electron chi connectivity index (χ1n) is 11.6. The van der Waals surface area contributed by atoms with Gasteiger partial charge in [0.15, 0.2) is 5.11 Å². The van der Waals surface area contributed by atoms with Crippen molar-refractivity contribution in [3.8, 4) is 11.4 Å². The zero-order valence-corrected chi connectivity index (χ0v) is 20.4. The van der Waals surface area contributed by atoms with Gasteiger partial charge in [-0.3, -0.25) is 4.98 Å². The van der Waals surface area contributed by atoms with E-state index in [1.165, 1.54) is 5.56 Å². The van der Waals surface area contributed by atoms with Crippen molar-refractivity contribution in [1.82, 2.24) is 14.9 Å². The number of phenolic OH excluding ortho intramolecular Hbond substituents is 1. The third-order valence-electron chi connectivity index (χ3n) is 6.63. The van der Waals surface area contributed by atoms with E-state index in [9.17, 15) is 5.11 Å². The summed E-state index contributed by atoms with van der Waals surface area (Å²) in [5, 5.41) is 14.8. The smallest absolute Gasteiger partial charge is 0.174 e. The van der Waals surface area contributed by atoms with Crippen LogP contribution in [0.1, 0.15) is 47.2 Å². The molecule has 6 heteroatoms. The minimum atomic E-state index is -0.113. The molecule has 0 amide bonds. The fourth-order valence-corrected chi connectivity index (χ4v) is 5.30. The SMILES string of the molecule is CCc1ccc(N2C(=S)N[C@@H](c3ccccn3)[C@@H]2c2cc(C)n(-c3ccccc3O)c2C)cc1. The van der Waals surface area contributed by atoms with Gasteiger partial charge in [-0.15, -0.1) is 0 Å². The summed E-state index contributed by atoms with van der Waals surface area (Å²) < 4.78 is 2.11. The molecule has 0 aliphatic carbocycles. The molecule has 5 rings (SSSR count). The Balaban J connectivity index is 1.68. The molecule has 2 aromatic carbocycles. The largest absolute Gasteiger partial charge is 0.506 e. The van der Waals surface area contributed by atoms with E-state index in [1.807, 2.05) is 42.6 Å². The summed E-state index contributed by atoms with van der Waals surface area (Å²) in [5.74, 6) is 0.254. The van der Waals surface area contributed by atoms with Gasteiger partial charge in [0, 0.05) is 23.3 Å². The molecule has 34 heavy (non-hydrogen) atoms. The quantitative estimate of drug-likeness (QED) is 0.355. The number of phenols is 1. The van der Waals surface area contributed by atoms with Crippen LogP contribution in [0.2, 0.25) is 0 Å². The van der Waals surface area contributed by atoms with E-state index >= 15 is 0 Å². The number of aromatic hydroxyl groups is 1. The number of thiocarbonyl (C=S) groups is 1. The lowest BCUT2D eigenvalue weighted by atomic mass is 9.96. The second kappa shape index (κ2) is 8.95. The molecule has 5 nitrogen and oxygen atoms in total. The Morgan fingerprint density at radius 1 is 1.00 bits per heavy atom. The van der Waals surface area contributed by atoms with Crippen LogP contribution in [0.4, 0.5) is 5.69 Å². The standard InChI is InChI=1S/C28H28N4OS/c1-4-20-12-14-21(15-13-20)32-27(26(30-28(32)34)23-9-7-8-16-29-23)22-17-18(2)31(19(22)3)24-10-5-6-11-25(24)33/h5-17,26-27,33H,4H2,1-3H3,(H,30,34)/t26-,27-/m0/s1. The topological polar surface area (TPSA) is 53.3 Å². The number of anilines is 1. The van der Waals surface area contributed by atoms with Crippen molar-refractivity contribution >= 4 is 23.0 Å². The summed E-state index contributed by atoms with van der Waals surface area (Å²) in [7, 11) is 0. The number of hydrogen-bond acceptors (Lipinski definition) is 3. The van der Waals surface area contributed by atoms with Crippen LogP contribution >= 0.6 is 12.2 Å². The molecule has 1 saturated heterocycles. The number of pyridine rings is 1. The van der Waals surface area contributed by atoms with Crippen molar-refractivity contribution in [2.24, 2.45) is 0 Å². The molecular formula is C28H28N4OS. The lowest BCUT2D eigenvalue weighted by Gasteiger charge is -2.28. The monoisotopic (exact) mass is 468 g/mol. The Morgan fingerprint density at radius 3 is 2.41 bits per heavy atom. The van der Waals surface area contributed by atoms with Gasteiger partial charge in [0.1, 0.15) is 5.75 Å². The van der Waals surface area contributed by atoms with E-state index in [2.05, 4.69) is 70.9 Å². The predicted octanol–water partition coefficient (Wildman–Crippen LogP) is 5.93. The Kier molecular flexibility index (Phi) is 5.84. The van der Waals surface area contributed by atoms with Crippen LogP contribution in [0, 0.1) is 13.8 Å². The van der Waals surface area contributed by atoms with E-state index in [-0.39, 0.29) is 17.8 Å². The normalized spacial score (nSPS) is 17.7. The average Bonchev–Trinajstić information content (AvgIpc) is 3.35. The molecule has 2 atom stereocenters. The van der Waals surface area contributed by atoms with Gasteiger partial charge in [0.05, 0.1) is 23.5 Å². The van der Waals surface area contributed by atoms with Crippen molar-refractivity contribution in [1.29, 1.82) is 0 Å². The molecule has 172 valence electrons. The van der Waals surface area contributed by atoms with E-state index in [0.717, 1.165) is 40.4 Å². The maximum atomic E-state index is 10.6. The Morgan fingerprint density at radius 2 is 1.74 bits per heavy atom. The zero-order chi connectivity index (χ0) is 23.8. The highest BCUT2D eigenvalue weighted by Gasteiger charge is 2.42. The summed E-state index contributed by atoms with van der Waals surface area (Å²) in [6.07, 6.45) is 2.81. The van der Waals surface area contributed by atoms with Crippen LogP contribution in [0.3, 0.4) is 0 Å². The van der Waals surface area contributed by atoms with Crippen LogP contribution in [0.5, 0.6) is 5.75 Å². The minimum Gasteiger partial charge on any atom is -0.506 e. The molecule has 0 spiro atoms. The molecule has 1 aliphatic heterocycles. The number of aromatic nitrogens is 2. The molecule has 4 aromatic rings. The van der Waals surface area contributed by atoms with E-state index in [4.69, 9.17) is 12.2 Å². The molecular weight excluding hydrogens is 440 g/mol. The molecule has 2 N–H and O–H groups in total. The van der Waals surface area contributed by atoms with E-state index < -0.39 is 0 Å². The number of aryl methyl sites for hydroxylation is 2. The first kappa shape index (κ1) is 22.2. The van der Waals surface area contributed by atoms with Crippen molar-refractivity contribution < 1.29 is 5.11 Å². The van der Waals surface area contributed by atoms with Crippen LogP contribution in [0.15, 0.2) is 79.0 Å². The lowest BCUT2D eigenvalue weighted by Crippen LogP contribution is -2.29. The molecule has 1 aliphatic rings.